The summed E-state index contributed by atoms with van der Waals surface area (Å²) < 4.78 is 0. The quantitative estimate of drug-likeness (QED) is 0.796. The Morgan fingerprint density at radius 3 is 2.57 bits per heavy atom. The fourth-order valence-corrected chi connectivity index (χ4v) is 4.39. The number of amides is 1. The molecule has 0 radical (unpaired) electrons. The summed E-state index contributed by atoms with van der Waals surface area (Å²) in [4.78, 5) is 14.7. The minimum Gasteiger partial charge on any atom is -0.338 e. The summed E-state index contributed by atoms with van der Waals surface area (Å²) >= 11 is 11.9. The lowest BCUT2D eigenvalue weighted by molar-refractivity contribution is -0.174. The molecule has 1 saturated heterocycles. The Hall–Kier alpha value is -0.730. The van der Waals surface area contributed by atoms with E-state index in [-0.39, 0.29) is 5.91 Å². The predicted molar refractivity (Wildman–Crippen MR) is 86.8 cm³/mol. The van der Waals surface area contributed by atoms with Crippen LogP contribution in [-0.2, 0) is 11.2 Å². The van der Waals surface area contributed by atoms with Crippen LogP contribution in [0.25, 0.3) is 0 Å². The molecule has 1 aliphatic carbocycles. The molecule has 1 aromatic carbocycles. The Labute approximate surface area is 136 Å². The molecular formula is C17H21Cl2NO. The first-order valence-corrected chi connectivity index (χ1v) is 8.42. The molecule has 1 aliphatic heterocycles. The molecule has 2 aliphatic rings. The van der Waals surface area contributed by atoms with Crippen molar-refractivity contribution in [1.29, 1.82) is 0 Å². The van der Waals surface area contributed by atoms with Crippen molar-refractivity contribution in [2.24, 2.45) is 11.3 Å². The van der Waals surface area contributed by atoms with E-state index in [1.807, 2.05) is 6.07 Å². The summed E-state index contributed by atoms with van der Waals surface area (Å²) in [5.41, 5.74) is 1.37. The van der Waals surface area contributed by atoms with Gasteiger partial charge in [-0.1, -0.05) is 49.5 Å². The van der Waals surface area contributed by atoms with Gasteiger partial charge in [0.25, 0.3) is 0 Å². The zero-order chi connectivity index (χ0) is 15.2. The number of halogens is 2. The monoisotopic (exact) mass is 325 g/mol. The van der Waals surface area contributed by atoms with E-state index >= 15 is 0 Å². The first kappa shape index (κ1) is 15.2. The number of nitrogens with zero attached hydrogens (tertiary/aromatic N) is 1. The van der Waals surface area contributed by atoms with E-state index in [0.29, 0.717) is 33.8 Å². The molecule has 1 unspecified atom stereocenters. The van der Waals surface area contributed by atoms with E-state index in [1.54, 1.807) is 12.1 Å². The summed E-state index contributed by atoms with van der Waals surface area (Å²) in [6, 6.07) is 5.86. The highest BCUT2D eigenvalue weighted by Gasteiger charge is 2.57. The predicted octanol–water partition coefficient (Wildman–Crippen LogP) is 4.57. The van der Waals surface area contributed by atoms with Gasteiger partial charge in [0.05, 0.1) is 16.5 Å². The summed E-state index contributed by atoms with van der Waals surface area (Å²) in [6.45, 7) is 5.39. The molecule has 114 valence electrons. The Morgan fingerprint density at radius 1 is 1.33 bits per heavy atom. The lowest BCUT2D eigenvalue weighted by Crippen LogP contribution is -2.70. The van der Waals surface area contributed by atoms with E-state index in [0.717, 1.165) is 12.1 Å². The van der Waals surface area contributed by atoms with Gasteiger partial charge in [0.15, 0.2) is 0 Å². The smallest absolute Gasteiger partial charge is 0.227 e. The van der Waals surface area contributed by atoms with Crippen molar-refractivity contribution in [2.75, 3.05) is 6.54 Å². The minimum absolute atomic E-state index is 0.213. The van der Waals surface area contributed by atoms with Gasteiger partial charge in [0.2, 0.25) is 5.91 Å². The zero-order valence-corrected chi connectivity index (χ0v) is 14.0. The van der Waals surface area contributed by atoms with Crippen molar-refractivity contribution in [3.8, 4) is 0 Å². The fraction of sp³-hybridized carbons (Fsp3) is 0.588. The first-order chi connectivity index (χ1) is 9.93. The van der Waals surface area contributed by atoms with Crippen LogP contribution in [0.2, 0.25) is 10.0 Å². The van der Waals surface area contributed by atoms with Crippen molar-refractivity contribution in [1.82, 2.24) is 4.90 Å². The Balaban J connectivity index is 1.69. The number of rotatable bonds is 3. The Bertz CT molecular complexity index is 566. The maximum absolute atomic E-state index is 12.6. The van der Waals surface area contributed by atoms with Gasteiger partial charge in [-0.15, -0.1) is 0 Å². The molecule has 1 saturated carbocycles. The lowest BCUT2D eigenvalue weighted by atomic mass is 9.55. The number of hydrogen-bond acceptors (Lipinski definition) is 1. The van der Waals surface area contributed by atoms with Gasteiger partial charge in [0, 0.05) is 18.0 Å². The van der Waals surface area contributed by atoms with E-state index < -0.39 is 0 Å². The number of carbonyl (C=O) groups is 1. The number of likely N-dealkylation sites (tertiary alicyclic amines) is 1. The zero-order valence-electron chi connectivity index (χ0n) is 12.5. The Kier molecular flexibility index (Phi) is 3.96. The normalized spacial score (nSPS) is 23.1. The van der Waals surface area contributed by atoms with Gasteiger partial charge in [-0.2, -0.15) is 0 Å². The molecule has 0 aromatic heterocycles. The van der Waals surface area contributed by atoms with E-state index in [9.17, 15) is 4.79 Å². The molecule has 1 spiro atoms. The summed E-state index contributed by atoms with van der Waals surface area (Å²) in [6.07, 6.45) is 4.30. The standard InChI is InChI=1S/C17H21Cl2NO/c1-11(2)16-17(6-3-7-17)10-20(16)15(21)9-12-4-5-13(18)14(19)8-12/h4-5,8,11,16H,3,6-7,9-10H2,1-2H3. The third kappa shape index (κ3) is 2.57. The SMILES string of the molecule is CC(C)C1N(C(=O)Cc2ccc(Cl)c(Cl)c2)CC12CCC2. The molecule has 0 bridgehead atoms. The van der Waals surface area contributed by atoms with Crippen LogP contribution in [-0.4, -0.2) is 23.4 Å². The molecule has 2 fully saturated rings. The second kappa shape index (κ2) is 5.48. The van der Waals surface area contributed by atoms with E-state index in [4.69, 9.17) is 23.2 Å². The summed E-state index contributed by atoms with van der Waals surface area (Å²) in [7, 11) is 0. The van der Waals surface area contributed by atoms with Crippen LogP contribution in [0.4, 0.5) is 0 Å². The van der Waals surface area contributed by atoms with Crippen molar-refractivity contribution in [3.05, 3.63) is 33.8 Å². The van der Waals surface area contributed by atoms with Gasteiger partial charge < -0.3 is 4.90 Å². The van der Waals surface area contributed by atoms with Crippen molar-refractivity contribution in [2.45, 2.75) is 45.6 Å². The average molecular weight is 326 g/mol. The average Bonchev–Trinajstić information content (AvgIpc) is 2.30. The molecule has 3 rings (SSSR count). The van der Waals surface area contributed by atoms with Crippen molar-refractivity contribution in [3.63, 3.8) is 0 Å². The molecule has 4 heteroatoms. The van der Waals surface area contributed by atoms with E-state index in [2.05, 4.69) is 18.7 Å². The van der Waals surface area contributed by atoms with Crippen LogP contribution in [0, 0.1) is 11.3 Å². The minimum atomic E-state index is 0.213. The van der Waals surface area contributed by atoms with Crippen molar-refractivity contribution >= 4 is 29.1 Å². The fourth-order valence-electron chi connectivity index (χ4n) is 4.07. The highest BCUT2D eigenvalue weighted by atomic mass is 35.5. The van der Waals surface area contributed by atoms with Gasteiger partial charge >= 0.3 is 0 Å². The maximum Gasteiger partial charge on any atom is 0.227 e. The second-order valence-electron chi connectivity index (χ2n) is 6.85. The number of benzene rings is 1. The first-order valence-electron chi connectivity index (χ1n) is 7.66. The molecule has 1 aromatic rings. The molecule has 21 heavy (non-hydrogen) atoms. The second-order valence-corrected chi connectivity index (χ2v) is 7.67. The third-order valence-electron chi connectivity index (χ3n) is 5.09. The molecule has 1 heterocycles. The van der Waals surface area contributed by atoms with Gasteiger partial charge in [0.1, 0.15) is 0 Å². The highest BCUT2D eigenvalue weighted by molar-refractivity contribution is 6.42. The molecule has 1 amide bonds. The molecular weight excluding hydrogens is 305 g/mol. The van der Waals surface area contributed by atoms with Crippen LogP contribution in [0.3, 0.4) is 0 Å². The van der Waals surface area contributed by atoms with Crippen molar-refractivity contribution < 1.29 is 4.79 Å². The van der Waals surface area contributed by atoms with Crippen LogP contribution < -0.4 is 0 Å². The van der Waals surface area contributed by atoms with Crippen LogP contribution >= 0.6 is 23.2 Å². The number of hydrogen-bond donors (Lipinski definition) is 0. The van der Waals surface area contributed by atoms with Gasteiger partial charge in [-0.05, 0) is 36.5 Å². The van der Waals surface area contributed by atoms with E-state index in [1.165, 1.54) is 19.3 Å². The Morgan fingerprint density at radius 2 is 2.05 bits per heavy atom. The topological polar surface area (TPSA) is 20.3 Å². The van der Waals surface area contributed by atoms with Crippen LogP contribution in [0.1, 0.15) is 38.7 Å². The molecule has 2 nitrogen and oxygen atoms in total. The van der Waals surface area contributed by atoms with Crippen LogP contribution in [0.15, 0.2) is 18.2 Å². The summed E-state index contributed by atoms with van der Waals surface area (Å²) in [5.74, 6) is 0.737. The third-order valence-corrected chi connectivity index (χ3v) is 5.83. The molecule has 0 N–H and O–H groups in total. The maximum atomic E-state index is 12.6. The van der Waals surface area contributed by atoms with Gasteiger partial charge in [-0.3, -0.25) is 4.79 Å². The van der Waals surface area contributed by atoms with Gasteiger partial charge in [-0.25, -0.2) is 0 Å². The lowest BCUT2D eigenvalue weighted by Gasteiger charge is -2.64. The largest absolute Gasteiger partial charge is 0.338 e. The summed E-state index contributed by atoms with van der Waals surface area (Å²) in [5, 5.41) is 1.05. The highest BCUT2D eigenvalue weighted by Crippen LogP contribution is 2.55. The number of carbonyl (C=O) groups excluding carboxylic acids is 1. The molecule has 1 atom stereocenters. The van der Waals surface area contributed by atoms with Crippen LogP contribution in [0.5, 0.6) is 0 Å².